The van der Waals surface area contributed by atoms with Crippen molar-refractivity contribution < 1.29 is 0 Å². The summed E-state index contributed by atoms with van der Waals surface area (Å²) in [5.41, 5.74) is 3.15. The van der Waals surface area contributed by atoms with E-state index >= 15 is 0 Å². The zero-order valence-corrected chi connectivity index (χ0v) is 8.45. The van der Waals surface area contributed by atoms with Crippen molar-refractivity contribution in [2.75, 3.05) is 6.26 Å². The van der Waals surface area contributed by atoms with Crippen LogP contribution in [-0.2, 0) is 6.42 Å². The Morgan fingerprint density at radius 2 is 2.25 bits per heavy atom. The van der Waals surface area contributed by atoms with Crippen molar-refractivity contribution in [2.24, 2.45) is 0 Å². The van der Waals surface area contributed by atoms with Gasteiger partial charge in [-0.05, 0) is 48.3 Å². The van der Waals surface area contributed by atoms with E-state index in [0.29, 0.717) is 0 Å². The molecule has 0 aromatic heterocycles. The molecule has 0 amide bonds. The third-order valence-corrected chi connectivity index (χ3v) is 3.45. The number of hydrogen-bond acceptors (Lipinski definition) is 1. The van der Waals surface area contributed by atoms with E-state index in [1.165, 1.54) is 17.7 Å². The predicted molar refractivity (Wildman–Crippen MR) is 55.0 cm³/mol. The molecule has 2 rings (SSSR count). The highest BCUT2D eigenvalue weighted by Gasteiger charge is 2.17. The number of aryl methyl sites for hydroxylation is 1. The van der Waals surface area contributed by atoms with Crippen LogP contribution in [0.4, 0.5) is 0 Å². The van der Waals surface area contributed by atoms with Crippen LogP contribution in [0.5, 0.6) is 0 Å². The van der Waals surface area contributed by atoms with E-state index in [1.54, 1.807) is 11.1 Å². The minimum atomic E-state index is 0.788. The van der Waals surface area contributed by atoms with Gasteiger partial charge in [-0.25, -0.2) is 0 Å². The summed E-state index contributed by atoms with van der Waals surface area (Å²) < 4.78 is 0. The molecule has 0 spiro atoms. The highest BCUT2D eigenvalue weighted by Crippen LogP contribution is 2.34. The number of hydrogen-bond donors (Lipinski definition) is 0. The predicted octanol–water partition coefficient (Wildman–Crippen LogP) is 3.46. The van der Waals surface area contributed by atoms with Crippen LogP contribution in [0.2, 0.25) is 0 Å². The summed E-state index contributed by atoms with van der Waals surface area (Å²) in [7, 11) is 0. The molecule has 0 radical (unpaired) electrons. The molecule has 1 atom stereocenters. The normalized spacial score (nSPS) is 21.0. The third kappa shape index (κ3) is 1.27. The van der Waals surface area contributed by atoms with E-state index in [2.05, 4.69) is 31.4 Å². The molecule has 0 N–H and O–H groups in total. The van der Waals surface area contributed by atoms with Gasteiger partial charge in [-0.1, -0.05) is 13.0 Å². The standard InChI is InChI=1S/C11H14S/c1-8-3-4-9-7-10(12-2)5-6-11(8)9/h5-8H,3-4H2,1-2H3. The van der Waals surface area contributed by atoms with Crippen molar-refractivity contribution in [1.82, 2.24) is 0 Å². The van der Waals surface area contributed by atoms with Crippen LogP contribution >= 0.6 is 11.8 Å². The Bertz CT molecular complexity index is 291. The number of thioether (sulfide) groups is 1. The van der Waals surface area contributed by atoms with Crippen LogP contribution < -0.4 is 0 Å². The highest BCUT2D eigenvalue weighted by atomic mass is 32.2. The first-order chi connectivity index (χ1) is 5.81. The second kappa shape index (κ2) is 3.14. The highest BCUT2D eigenvalue weighted by molar-refractivity contribution is 7.98. The van der Waals surface area contributed by atoms with Gasteiger partial charge < -0.3 is 0 Å². The lowest BCUT2D eigenvalue weighted by Crippen LogP contribution is -1.85. The van der Waals surface area contributed by atoms with Gasteiger partial charge in [0.2, 0.25) is 0 Å². The van der Waals surface area contributed by atoms with Gasteiger partial charge in [0.05, 0.1) is 0 Å². The van der Waals surface area contributed by atoms with Crippen molar-refractivity contribution in [1.29, 1.82) is 0 Å². The minimum absolute atomic E-state index is 0.788. The van der Waals surface area contributed by atoms with Crippen molar-refractivity contribution in [3.8, 4) is 0 Å². The summed E-state index contributed by atoms with van der Waals surface area (Å²) in [5, 5.41) is 0. The molecule has 1 aromatic carbocycles. The Morgan fingerprint density at radius 1 is 1.42 bits per heavy atom. The molecule has 0 bridgehead atoms. The van der Waals surface area contributed by atoms with Gasteiger partial charge >= 0.3 is 0 Å². The molecule has 0 heterocycles. The zero-order valence-electron chi connectivity index (χ0n) is 7.63. The fourth-order valence-corrected chi connectivity index (χ4v) is 2.40. The monoisotopic (exact) mass is 178 g/mol. The Kier molecular flexibility index (Phi) is 2.14. The Balaban J connectivity index is 2.41. The van der Waals surface area contributed by atoms with Gasteiger partial charge in [0.1, 0.15) is 0 Å². The third-order valence-electron chi connectivity index (χ3n) is 2.73. The van der Waals surface area contributed by atoms with Gasteiger partial charge in [-0.2, -0.15) is 0 Å². The first-order valence-electron chi connectivity index (χ1n) is 4.48. The first-order valence-corrected chi connectivity index (χ1v) is 5.70. The molecule has 0 saturated heterocycles. The van der Waals surface area contributed by atoms with E-state index in [-0.39, 0.29) is 0 Å². The Labute approximate surface area is 78.4 Å². The molecule has 1 heteroatoms. The largest absolute Gasteiger partial charge is 0.130 e. The maximum absolute atomic E-state index is 2.35. The molecule has 0 saturated carbocycles. The van der Waals surface area contributed by atoms with Crippen LogP contribution in [0.15, 0.2) is 23.1 Å². The van der Waals surface area contributed by atoms with Crippen LogP contribution in [-0.4, -0.2) is 6.26 Å². The summed E-state index contributed by atoms with van der Waals surface area (Å²) >= 11 is 1.84. The SMILES string of the molecule is CSc1ccc2c(c1)CCC2C. The molecule has 0 nitrogen and oxygen atoms in total. The molecule has 0 aliphatic heterocycles. The molecule has 1 aliphatic rings. The molecule has 1 aromatic rings. The average molecular weight is 178 g/mol. The lowest BCUT2D eigenvalue weighted by molar-refractivity contribution is 0.747. The molecule has 12 heavy (non-hydrogen) atoms. The van der Waals surface area contributed by atoms with Gasteiger partial charge in [0, 0.05) is 4.90 Å². The lowest BCUT2D eigenvalue weighted by atomic mass is 10.0. The molecule has 1 aliphatic carbocycles. The number of rotatable bonds is 1. The van der Waals surface area contributed by atoms with Crippen molar-refractivity contribution in [3.05, 3.63) is 29.3 Å². The summed E-state index contributed by atoms with van der Waals surface area (Å²) in [5.74, 6) is 0.788. The lowest BCUT2D eigenvalue weighted by Gasteiger charge is -2.04. The van der Waals surface area contributed by atoms with Crippen LogP contribution in [0.1, 0.15) is 30.4 Å². The topological polar surface area (TPSA) is 0 Å². The number of benzene rings is 1. The van der Waals surface area contributed by atoms with E-state index in [4.69, 9.17) is 0 Å². The van der Waals surface area contributed by atoms with Crippen molar-refractivity contribution >= 4 is 11.8 Å². The zero-order chi connectivity index (χ0) is 8.55. The first kappa shape index (κ1) is 8.18. The summed E-state index contributed by atoms with van der Waals surface area (Å²) in [6.45, 7) is 2.32. The fourth-order valence-electron chi connectivity index (χ4n) is 1.93. The fraction of sp³-hybridized carbons (Fsp3) is 0.455. The van der Waals surface area contributed by atoms with Crippen molar-refractivity contribution in [2.45, 2.75) is 30.6 Å². The van der Waals surface area contributed by atoms with Gasteiger partial charge in [-0.15, -0.1) is 11.8 Å². The molecule has 0 fully saturated rings. The van der Waals surface area contributed by atoms with Gasteiger partial charge in [-0.3, -0.25) is 0 Å². The van der Waals surface area contributed by atoms with Crippen LogP contribution in [0.3, 0.4) is 0 Å². The Morgan fingerprint density at radius 3 is 3.00 bits per heavy atom. The average Bonchev–Trinajstić information content (AvgIpc) is 2.47. The van der Waals surface area contributed by atoms with Crippen LogP contribution in [0, 0.1) is 0 Å². The summed E-state index contributed by atoms with van der Waals surface area (Å²) in [6.07, 6.45) is 4.76. The second-order valence-corrected chi connectivity index (χ2v) is 4.38. The molecular formula is C11H14S. The smallest absolute Gasteiger partial charge is 0.00720 e. The van der Waals surface area contributed by atoms with Crippen molar-refractivity contribution in [3.63, 3.8) is 0 Å². The van der Waals surface area contributed by atoms with Gasteiger partial charge in [0.25, 0.3) is 0 Å². The number of fused-ring (bicyclic) bond motifs is 1. The summed E-state index contributed by atoms with van der Waals surface area (Å²) in [6, 6.07) is 6.90. The maximum Gasteiger partial charge on any atom is 0.00720 e. The maximum atomic E-state index is 2.35. The second-order valence-electron chi connectivity index (χ2n) is 3.50. The minimum Gasteiger partial charge on any atom is -0.130 e. The van der Waals surface area contributed by atoms with Crippen LogP contribution in [0.25, 0.3) is 0 Å². The molecule has 1 unspecified atom stereocenters. The molecule has 64 valence electrons. The molecular weight excluding hydrogens is 164 g/mol. The Hall–Kier alpha value is -0.430. The van der Waals surface area contributed by atoms with E-state index < -0.39 is 0 Å². The van der Waals surface area contributed by atoms with E-state index in [9.17, 15) is 0 Å². The van der Waals surface area contributed by atoms with Gasteiger partial charge in [0.15, 0.2) is 0 Å². The summed E-state index contributed by atoms with van der Waals surface area (Å²) in [4.78, 5) is 1.41. The quantitative estimate of drug-likeness (QED) is 0.593. The van der Waals surface area contributed by atoms with E-state index in [1.807, 2.05) is 11.8 Å². The van der Waals surface area contributed by atoms with E-state index in [0.717, 1.165) is 5.92 Å².